The summed E-state index contributed by atoms with van der Waals surface area (Å²) >= 11 is 1.84. The molecule has 0 atom stereocenters. The summed E-state index contributed by atoms with van der Waals surface area (Å²) in [4.78, 5) is 17.9. The molecule has 3 rings (SSSR count). The quantitative estimate of drug-likeness (QED) is 0.594. The molecule has 6 heteroatoms. The van der Waals surface area contributed by atoms with E-state index in [2.05, 4.69) is 11.8 Å². The number of aryl methyl sites for hydroxylation is 1. The highest BCUT2D eigenvalue weighted by atomic mass is 32.2. The van der Waals surface area contributed by atoms with Crippen LogP contribution in [0.3, 0.4) is 0 Å². The lowest BCUT2D eigenvalue weighted by molar-refractivity contribution is -0.384. The Kier molecular flexibility index (Phi) is 4.62. The fraction of sp³-hybridized carbons (Fsp3) is 0.588. The summed E-state index contributed by atoms with van der Waals surface area (Å²) in [6, 6.07) is 4.92. The highest BCUT2D eigenvalue weighted by molar-refractivity contribution is 8.14. The van der Waals surface area contributed by atoms with Gasteiger partial charge in [0.2, 0.25) is 0 Å². The molecular formula is C17H23N3O2S. The summed E-state index contributed by atoms with van der Waals surface area (Å²) < 4.78 is 0. The molecule has 23 heavy (non-hydrogen) atoms. The van der Waals surface area contributed by atoms with Crippen molar-refractivity contribution in [2.24, 2.45) is 4.99 Å². The van der Waals surface area contributed by atoms with Crippen LogP contribution in [0.2, 0.25) is 0 Å². The monoisotopic (exact) mass is 333 g/mol. The van der Waals surface area contributed by atoms with Crippen LogP contribution in [0, 0.1) is 17.0 Å². The molecule has 0 amide bonds. The summed E-state index contributed by atoms with van der Waals surface area (Å²) in [5, 5.41) is 12.0. The normalized spacial score (nSPS) is 21.5. The van der Waals surface area contributed by atoms with Crippen molar-refractivity contribution in [3.8, 4) is 0 Å². The number of benzene rings is 1. The highest BCUT2D eigenvalue weighted by Gasteiger charge is 2.45. The van der Waals surface area contributed by atoms with Gasteiger partial charge in [-0.3, -0.25) is 10.1 Å². The second kappa shape index (κ2) is 6.51. The van der Waals surface area contributed by atoms with Gasteiger partial charge in [-0.05, 0) is 37.8 Å². The predicted octanol–water partition coefficient (Wildman–Crippen LogP) is 4.66. The van der Waals surface area contributed by atoms with Gasteiger partial charge in [0.05, 0.1) is 16.1 Å². The molecule has 1 saturated heterocycles. The van der Waals surface area contributed by atoms with Crippen molar-refractivity contribution in [3.05, 3.63) is 33.9 Å². The topological polar surface area (TPSA) is 58.7 Å². The van der Waals surface area contributed by atoms with E-state index in [9.17, 15) is 10.1 Å². The van der Waals surface area contributed by atoms with Crippen LogP contribution in [-0.4, -0.2) is 32.8 Å². The molecule has 0 aromatic heterocycles. The number of amidine groups is 1. The van der Waals surface area contributed by atoms with E-state index >= 15 is 0 Å². The Labute approximate surface area is 141 Å². The van der Waals surface area contributed by atoms with Gasteiger partial charge in [-0.2, -0.15) is 0 Å². The van der Waals surface area contributed by atoms with Crippen LogP contribution in [0.1, 0.15) is 44.6 Å². The van der Waals surface area contributed by atoms with E-state index in [1.54, 1.807) is 18.2 Å². The van der Waals surface area contributed by atoms with Crippen molar-refractivity contribution in [1.82, 2.24) is 4.90 Å². The number of rotatable bonds is 4. The van der Waals surface area contributed by atoms with Gasteiger partial charge in [-0.1, -0.05) is 31.5 Å². The van der Waals surface area contributed by atoms with Crippen LogP contribution in [-0.2, 0) is 0 Å². The molecule has 124 valence electrons. The van der Waals surface area contributed by atoms with Crippen LogP contribution in [0.25, 0.3) is 0 Å². The van der Waals surface area contributed by atoms with Crippen LogP contribution < -0.4 is 0 Å². The smallest absolute Gasteiger partial charge is 0.269 e. The summed E-state index contributed by atoms with van der Waals surface area (Å²) in [5.41, 5.74) is 2.13. The van der Waals surface area contributed by atoms with Crippen molar-refractivity contribution < 1.29 is 4.92 Å². The number of hydrogen-bond acceptors (Lipinski definition) is 4. The van der Waals surface area contributed by atoms with Crippen LogP contribution in [0.5, 0.6) is 0 Å². The first kappa shape index (κ1) is 16.3. The second-order valence-corrected chi connectivity index (χ2v) is 7.44. The zero-order valence-corrected chi connectivity index (χ0v) is 14.6. The molecule has 0 bridgehead atoms. The van der Waals surface area contributed by atoms with Gasteiger partial charge >= 0.3 is 0 Å². The van der Waals surface area contributed by atoms with E-state index in [-0.39, 0.29) is 10.6 Å². The molecule has 0 radical (unpaired) electrons. The van der Waals surface area contributed by atoms with E-state index < -0.39 is 0 Å². The Balaban J connectivity index is 1.90. The minimum atomic E-state index is -0.356. The zero-order chi connectivity index (χ0) is 16.4. The standard InChI is InChI=1S/C17H23N3O2S/c1-3-10-19-16(23-12-17(19)8-4-5-9-17)18-15-7-6-14(20(21)22)11-13(15)2/h6-7,11H,3-5,8-10,12H2,1-2H3. The first-order valence-electron chi connectivity index (χ1n) is 8.30. The van der Waals surface area contributed by atoms with Gasteiger partial charge in [0.1, 0.15) is 0 Å². The number of nitro groups is 1. The van der Waals surface area contributed by atoms with E-state index in [4.69, 9.17) is 4.99 Å². The third-order valence-corrected chi connectivity index (χ3v) is 6.11. The SMILES string of the molecule is CCCN1C(=Nc2ccc([N+](=O)[O-])cc2C)SCC12CCCC2. The average Bonchev–Trinajstić information content (AvgIpc) is 3.12. The fourth-order valence-electron chi connectivity index (χ4n) is 3.64. The van der Waals surface area contributed by atoms with Crippen LogP contribution in [0.4, 0.5) is 11.4 Å². The van der Waals surface area contributed by atoms with E-state index in [1.165, 1.54) is 25.7 Å². The molecule has 1 aromatic carbocycles. The number of nitro benzene ring substituents is 1. The zero-order valence-electron chi connectivity index (χ0n) is 13.7. The van der Waals surface area contributed by atoms with Gasteiger partial charge in [0.25, 0.3) is 5.69 Å². The first-order valence-corrected chi connectivity index (χ1v) is 9.28. The van der Waals surface area contributed by atoms with Crippen LogP contribution in [0.15, 0.2) is 23.2 Å². The number of aliphatic imine (C=N–C) groups is 1. The third kappa shape index (κ3) is 3.09. The second-order valence-electron chi connectivity index (χ2n) is 6.49. The minimum Gasteiger partial charge on any atom is -0.345 e. The molecule has 5 nitrogen and oxygen atoms in total. The minimum absolute atomic E-state index is 0.128. The summed E-state index contributed by atoms with van der Waals surface area (Å²) in [5.74, 6) is 1.12. The van der Waals surface area contributed by atoms with Crippen LogP contribution >= 0.6 is 11.8 Å². The molecule has 1 heterocycles. The maximum absolute atomic E-state index is 10.9. The van der Waals surface area contributed by atoms with Crippen molar-refractivity contribution >= 4 is 28.3 Å². The lowest BCUT2D eigenvalue weighted by Crippen LogP contribution is -2.45. The number of non-ortho nitro benzene ring substituents is 1. The van der Waals surface area contributed by atoms with Gasteiger partial charge in [0.15, 0.2) is 5.17 Å². The number of nitrogens with zero attached hydrogens (tertiary/aromatic N) is 3. The third-order valence-electron chi connectivity index (χ3n) is 4.86. The molecule has 1 aromatic rings. The van der Waals surface area contributed by atoms with Gasteiger partial charge in [-0.15, -0.1) is 0 Å². The molecule has 1 spiro atoms. The Morgan fingerprint density at radius 3 is 2.74 bits per heavy atom. The van der Waals surface area contributed by atoms with Crippen molar-refractivity contribution in [3.63, 3.8) is 0 Å². The summed E-state index contributed by atoms with van der Waals surface area (Å²) in [7, 11) is 0. The van der Waals surface area contributed by atoms with Gasteiger partial charge in [0, 0.05) is 24.4 Å². The van der Waals surface area contributed by atoms with E-state index in [0.29, 0.717) is 5.54 Å². The number of thioether (sulfide) groups is 1. The Bertz CT molecular complexity index is 639. The number of hydrogen-bond donors (Lipinski definition) is 0. The fourth-order valence-corrected chi connectivity index (χ4v) is 5.08. The molecule has 0 N–H and O–H groups in total. The molecule has 1 saturated carbocycles. The van der Waals surface area contributed by atoms with Crippen molar-refractivity contribution in [2.45, 2.75) is 51.5 Å². The Hall–Kier alpha value is -1.56. The Morgan fingerprint density at radius 2 is 2.13 bits per heavy atom. The molecule has 1 aliphatic heterocycles. The van der Waals surface area contributed by atoms with Gasteiger partial charge < -0.3 is 4.90 Å². The van der Waals surface area contributed by atoms with E-state index in [1.807, 2.05) is 18.7 Å². The average molecular weight is 333 g/mol. The molecule has 1 aliphatic carbocycles. The molecule has 0 unspecified atom stereocenters. The molecular weight excluding hydrogens is 310 g/mol. The Morgan fingerprint density at radius 1 is 1.39 bits per heavy atom. The predicted molar refractivity (Wildman–Crippen MR) is 95.6 cm³/mol. The molecule has 2 aliphatic rings. The first-order chi connectivity index (χ1) is 11.1. The van der Waals surface area contributed by atoms with Crippen molar-refractivity contribution in [2.75, 3.05) is 12.3 Å². The maximum atomic E-state index is 10.9. The largest absolute Gasteiger partial charge is 0.345 e. The van der Waals surface area contributed by atoms with Gasteiger partial charge in [-0.25, -0.2) is 4.99 Å². The van der Waals surface area contributed by atoms with Crippen molar-refractivity contribution in [1.29, 1.82) is 0 Å². The van der Waals surface area contributed by atoms with E-state index in [0.717, 1.165) is 35.1 Å². The highest BCUT2D eigenvalue weighted by Crippen LogP contribution is 2.45. The summed E-state index contributed by atoms with van der Waals surface area (Å²) in [6.45, 7) is 5.14. The maximum Gasteiger partial charge on any atom is 0.269 e. The molecule has 2 fully saturated rings. The summed E-state index contributed by atoms with van der Waals surface area (Å²) in [6.07, 6.45) is 6.26. The lowest BCUT2D eigenvalue weighted by Gasteiger charge is -2.35. The lowest BCUT2D eigenvalue weighted by atomic mass is 9.98.